The molecule has 0 aliphatic carbocycles. The summed E-state index contributed by atoms with van der Waals surface area (Å²) < 4.78 is 0. The number of hydrogen-bond acceptors (Lipinski definition) is 2. The van der Waals surface area contributed by atoms with Crippen molar-refractivity contribution in [2.24, 2.45) is 5.73 Å². The lowest BCUT2D eigenvalue weighted by atomic mass is 10.1. The molecule has 2 heteroatoms. The first-order chi connectivity index (χ1) is 6.26. The Hall–Kier alpha value is -0.0800. The highest BCUT2D eigenvalue weighted by atomic mass is 15.1. The van der Waals surface area contributed by atoms with Crippen molar-refractivity contribution >= 4 is 0 Å². The van der Waals surface area contributed by atoms with Crippen LogP contribution < -0.4 is 5.73 Å². The van der Waals surface area contributed by atoms with Crippen LogP contribution in [0.15, 0.2) is 0 Å². The third kappa shape index (κ3) is 6.05. The van der Waals surface area contributed by atoms with Gasteiger partial charge < -0.3 is 10.6 Å². The van der Waals surface area contributed by atoms with Crippen molar-refractivity contribution in [1.29, 1.82) is 0 Å². The van der Waals surface area contributed by atoms with E-state index in [1.807, 2.05) is 0 Å². The lowest BCUT2D eigenvalue weighted by Crippen LogP contribution is -2.38. The quantitative estimate of drug-likeness (QED) is 0.589. The van der Waals surface area contributed by atoms with Gasteiger partial charge in [-0.2, -0.15) is 0 Å². The molecular formula is C11H26N2. The Kier molecular flexibility index (Phi) is 8.46. The summed E-state index contributed by atoms with van der Waals surface area (Å²) in [6.45, 7) is 6.47. The molecule has 2 nitrogen and oxygen atoms in total. The highest BCUT2D eigenvalue weighted by Crippen LogP contribution is 2.05. The van der Waals surface area contributed by atoms with Crippen LogP contribution in [0.5, 0.6) is 0 Å². The van der Waals surface area contributed by atoms with Crippen LogP contribution in [0.3, 0.4) is 0 Å². The van der Waals surface area contributed by atoms with Gasteiger partial charge in [0.2, 0.25) is 0 Å². The molecular weight excluding hydrogens is 160 g/mol. The summed E-state index contributed by atoms with van der Waals surface area (Å²) >= 11 is 0. The molecule has 0 aromatic rings. The van der Waals surface area contributed by atoms with E-state index >= 15 is 0 Å². The number of nitrogens with zero attached hydrogens (tertiary/aromatic N) is 1. The summed E-state index contributed by atoms with van der Waals surface area (Å²) in [7, 11) is 2.20. The zero-order valence-electron chi connectivity index (χ0n) is 9.55. The molecule has 0 aromatic carbocycles. The van der Waals surface area contributed by atoms with Gasteiger partial charge in [0.05, 0.1) is 0 Å². The number of nitrogens with two attached hydrogens (primary N) is 1. The molecule has 1 atom stereocenters. The molecule has 0 rings (SSSR count). The number of likely N-dealkylation sites (N-methyl/N-ethyl adjacent to an activating group) is 1. The second-order valence-electron chi connectivity index (χ2n) is 3.87. The Morgan fingerprint density at radius 1 is 1.15 bits per heavy atom. The van der Waals surface area contributed by atoms with Crippen LogP contribution in [0.25, 0.3) is 0 Å². The van der Waals surface area contributed by atoms with Crippen LogP contribution in [-0.2, 0) is 0 Å². The van der Waals surface area contributed by atoms with Gasteiger partial charge in [-0.15, -0.1) is 0 Å². The molecule has 13 heavy (non-hydrogen) atoms. The first-order valence-corrected chi connectivity index (χ1v) is 5.66. The van der Waals surface area contributed by atoms with Crippen molar-refractivity contribution in [2.75, 3.05) is 20.1 Å². The van der Waals surface area contributed by atoms with E-state index in [2.05, 4.69) is 25.8 Å². The Balaban J connectivity index is 3.57. The van der Waals surface area contributed by atoms with Crippen LogP contribution in [0.2, 0.25) is 0 Å². The lowest BCUT2D eigenvalue weighted by Gasteiger charge is -2.26. The van der Waals surface area contributed by atoms with Gasteiger partial charge in [0, 0.05) is 12.6 Å². The first-order valence-electron chi connectivity index (χ1n) is 5.66. The summed E-state index contributed by atoms with van der Waals surface area (Å²) in [4.78, 5) is 2.42. The average molecular weight is 186 g/mol. The van der Waals surface area contributed by atoms with Crippen molar-refractivity contribution in [1.82, 2.24) is 4.90 Å². The van der Waals surface area contributed by atoms with Crippen LogP contribution in [-0.4, -0.2) is 31.1 Å². The molecule has 0 fully saturated rings. The number of hydrogen-bond donors (Lipinski definition) is 1. The topological polar surface area (TPSA) is 29.3 Å². The summed E-state index contributed by atoms with van der Waals surface area (Å²) in [6, 6.07) is 0.599. The highest BCUT2D eigenvalue weighted by molar-refractivity contribution is 4.68. The van der Waals surface area contributed by atoms with E-state index < -0.39 is 0 Å². The van der Waals surface area contributed by atoms with E-state index in [0.717, 1.165) is 6.54 Å². The molecule has 0 bridgehead atoms. The summed E-state index contributed by atoms with van der Waals surface area (Å²) in [5.41, 5.74) is 5.72. The fraction of sp³-hybridized carbons (Fsp3) is 1.00. The van der Waals surface area contributed by atoms with E-state index in [4.69, 9.17) is 5.73 Å². The van der Waals surface area contributed by atoms with Crippen LogP contribution in [0.1, 0.15) is 46.0 Å². The molecule has 2 N–H and O–H groups in total. The Bertz CT molecular complexity index is 104. The molecule has 0 amide bonds. The Morgan fingerprint density at radius 2 is 1.85 bits per heavy atom. The molecule has 0 aliphatic heterocycles. The molecule has 0 aromatic heterocycles. The van der Waals surface area contributed by atoms with E-state index in [-0.39, 0.29) is 0 Å². The molecule has 0 saturated heterocycles. The maximum Gasteiger partial charge on any atom is 0.0215 e. The minimum Gasteiger partial charge on any atom is -0.329 e. The van der Waals surface area contributed by atoms with Crippen molar-refractivity contribution < 1.29 is 0 Å². The minimum absolute atomic E-state index is 0.599. The molecule has 0 spiro atoms. The SMILES string of the molecule is CCCCCN(C)C(CN)CCC. The van der Waals surface area contributed by atoms with Crippen LogP contribution in [0.4, 0.5) is 0 Å². The second-order valence-corrected chi connectivity index (χ2v) is 3.87. The zero-order valence-corrected chi connectivity index (χ0v) is 9.55. The van der Waals surface area contributed by atoms with Crippen molar-refractivity contribution in [3.05, 3.63) is 0 Å². The normalized spacial score (nSPS) is 13.6. The van der Waals surface area contributed by atoms with Gasteiger partial charge in [-0.25, -0.2) is 0 Å². The Labute approximate surface area is 83.5 Å². The summed E-state index contributed by atoms with van der Waals surface area (Å²) in [5.74, 6) is 0. The molecule has 0 heterocycles. The van der Waals surface area contributed by atoms with Crippen molar-refractivity contribution in [2.45, 2.75) is 52.0 Å². The van der Waals surface area contributed by atoms with Crippen molar-refractivity contribution in [3.63, 3.8) is 0 Å². The maximum atomic E-state index is 5.72. The molecule has 1 unspecified atom stereocenters. The minimum atomic E-state index is 0.599. The van der Waals surface area contributed by atoms with Crippen LogP contribution in [0, 0.1) is 0 Å². The van der Waals surface area contributed by atoms with E-state index in [1.54, 1.807) is 0 Å². The molecule has 0 aliphatic rings. The first kappa shape index (κ1) is 12.9. The lowest BCUT2D eigenvalue weighted by molar-refractivity contribution is 0.229. The number of unbranched alkanes of at least 4 members (excludes halogenated alkanes) is 2. The zero-order chi connectivity index (χ0) is 10.1. The van der Waals surface area contributed by atoms with Gasteiger partial charge >= 0.3 is 0 Å². The highest BCUT2D eigenvalue weighted by Gasteiger charge is 2.10. The van der Waals surface area contributed by atoms with Gasteiger partial charge in [0.25, 0.3) is 0 Å². The van der Waals surface area contributed by atoms with Gasteiger partial charge in [-0.3, -0.25) is 0 Å². The monoisotopic (exact) mass is 186 g/mol. The molecule has 0 radical (unpaired) electrons. The third-order valence-electron chi connectivity index (χ3n) is 2.63. The maximum absolute atomic E-state index is 5.72. The van der Waals surface area contributed by atoms with Gasteiger partial charge in [-0.1, -0.05) is 33.1 Å². The summed E-state index contributed by atoms with van der Waals surface area (Å²) in [6.07, 6.45) is 6.43. The average Bonchev–Trinajstić information content (AvgIpc) is 2.14. The standard InChI is InChI=1S/C11H26N2/c1-4-6-7-9-13(3)11(10-12)8-5-2/h11H,4-10,12H2,1-3H3. The Morgan fingerprint density at radius 3 is 2.31 bits per heavy atom. The van der Waals surface area contributed by atoms with Gasteiger partial charge in [0.1, 0.15) is 0 Å². The van der Waals surface area contributed by atoms with E-state index in [0.29, 0.717) is 6.04 Å². The van der Waals surface area contributed by atoms with E-state index in [9.17, 15) is 0 Å². The predicted octanol–water partition coefficient (Wildman–Crippen LogP) is 2.24. The fourth-order valence-corrected chi connectivity index (χ4v) is 1.65. The van der Waals surface area contributed by atoms with Crippen LogP contribution >= 0.6 is 0 Å². The van der Waals surface area contributed by atoms with Gasteiger partial charge in [0.15, 0.2) is 0 Å². The second kappa shape index (κ2) is 8.52. The van der Waals surface area contributed by atoms with Crippen molar-refractivity contribution in [3.8, 4) is 0 Å². The van der Waals surface area contributed by atoms with E-state index in [1.165, 1.54) is 38.6 Å². The van der Waals surface area contributed by atoms with Gasteiger partial charge in [-0.05, 0) is 26.4 Å². The summed E-state index contributed by atoms with van der Waals surface area (Å²) in [5, 5.41) is 0. The predicted molar refractivity (Wildman–Crippen MR) is 59.9 cm³/mol. The molecule has 0 saturated carbocycles. The fourth-order valence-electron chi connectivity index (χ4n) is 1.65. The largest absolute Gasteiger partial charge is 0.329 e. The number of rotatable bonds is 8. The smallest absolute Gasteiger partial charge is 0.0215 e. The third-order valence-corrected chi connectivity index (χ3v) is 2.63. The molecule has 80 valence electrons.